The van der Waals surface area contributed by atoms with Crippen molar-refractivity contribution in [2.75, 3.05) is 0 Å². The van der Waals surface area contributed by atoms with E-state index in [1.54, 1.807) is 11.0 Å². The first kappa shape index (κ1) is 19.7. The second kappa shape index (κ2) is 6.91. The van der Waals surface area contributed by atoms with E-state index in [4.69, 9.17) is 0 Å². The molecule has 4 heterocycles. The normalized spacial score (nSPS) is 12.8. The second-order valence-corrected chi connectivity index (χ2v) is 8.09. The molecule has 0 saturated carbocycles. The van der Waals surface area contributed by atoms with Crippen molar-refractivity contribution in [1.82, 2.24) is 28.9 Å². The van der Waals surface area contributed by atoms with E-state index in [1.165, 1.54) is 12.3 Å². The Hall–Kier alpha value is -3.21. The molecule has 7 nitrogen and oxygen atoms in total. The third-order valence-electron chi connectivity index (χ3n) is 5.19. The van der Waals surface area contributed by atoms with Crippen LogP contribution in [0.3, 0.4) is 0 Å². The Bertz CT molecular complexity index is 1380. The Kier molecular flexibility index (Phi) is 4.40. The number of fused-ring (bicyclic) bond motifs is 5. The SMILES string of the molecule is Cc1ncn2c1Cn1nc(Cn3cccc(C(F)(F)F)c3=O)nc1-c1cc(Br)ccc1-2. The average Bonchev–Trinajstić information content (AvgIpc) is 3.23. The minimum absolute atomic E-state index is 0.176. The van der Waals surface area contributed by atoms with Crippen LogP contribution >= 0.6 is 15.9 Å². The van der Waals surface area contributed by atoms with Gasteiger partial charge in [0.2, 0.25) is 0 Å². The van der Waals surface area contributed by atoms with Crippen LogP contribution in [0.1, 0.15) is 22.8 Å². The van der Waals surface area contributed by atoms with Gasteiger partial charge in [-0.15, -0.1) is 0 Å². The van der Waals surface area contributed by atoms with Gasteiger partial charge in [-0.25, -0.2) is 14.6 Å². The number of hydrogen-bond acceptors (Lipinski definition) is 4. The van der Waals surface area contributed by atoms with Gasteiger partial charge in [0.15, 0.2) is 11.6 Å². The third kappa shape index (κ3) is 3.29. The van der Waals surface area contributed by atoms with E-state index in [9.17, 15) is 18.0 Å². The van der Waals surface area contributed by atoms with Crippen LogP contribution in [-0.4, -0.2) is 28.9 Å². The third-order valence-corrected chi connectivity index (χ3v) is 5.68. The van der Waals surface area contributed by atoms with E-state index in [0.29, 0.717) is 12.4 Å². The molecule has 3 aromatic heterocycles. The molecule has 0 saturated heterocycles. The van der Waals surface area contributed by atoms with E-state index in [-0.39, 0.29) is 12.4 Å². The fourth-order valence-corrected chi connectivity index (χ4v) is 4.06. The number of nitrogens with zero attached hydrogens (tertiary/aromatic N) is 6. The number of pyridine rings is 1. The van der Waals surface area contributed by atoms with Gasteiger partial charge in [0, 0.05) is 16.2 Å². The quantitative estimate of drug-likeness (QED) is 0.377. The molecule has 4 aromatic rings. The van der Waals surface area contributed by atoms with Crippen LogP contribution in [0.15, 0.2) is 52.1 Å². The zero-order valence-electron chi connectivity index (χ0n) is 16.1. The molecule has 0 fully saturated rings. The number of imidazole rings is 1. The molecule has 1 aliphatic heterocycles. The Balaban J connectivity index is 1.62. The lowest BCUT2D eigenvalue weighted by Crippen LogP contribution is -2.28. The molecule has 0 atom stereocenters. The van der Waals surface area contributed by atoms with Gasteiger partial charge in [-0.1, -0.05) is 15.9 Å². The first-order valence-electron chi connectivity index (χ1n) is 9.26. The number of alkyl halides is 3. The largest absolute Gasteiger partial charge is 0.421 e. The van der Waals surface area contributed by atoms with Crippen molar-refractivity contribution < 1.29 is 13.2 Å². The summed E-state index contributed by atoms with van der Waals surface area (Å²) in [6, 6.07) is 7.71. The molecule has 0 amide bonds. The summed E-state index contributed by atoms with van der Waals surface area (Å²) in [4.78, 5) is 21.3. The van der Waals surface area contributed by atoms with Crippen LogP contribution in [0.25, 0.3) is 17.1 Å². The Morgan fingerprint density at radius 2 is 2.03 bits per heavy atom. The van der Waals surface area contributed by atoms with E-state index in [0.717, 1.165) is 37.7 Å². The first-order chi connectivity index (χ1) is 14.7. The van der Waals surface area contributed by atoms with Gasteiger partial charge in [-0.2, -0.15) is 18.3 Å². The van der Waals surface area contributed by atoms with Crippen molar-refractivity contribution in [2.45, 2.75) is 26.2 Å². The number of aryl methyl sites for hydroxylation is 1. The van der Waals surface area contributed by atoms with Crippen LogP contribution in [-0.2, 0) is 19.3 Å². The molecule has 0 bridgehead atoms. The van der Waals surface area contributed by atoms with Gasteiger partial charge in [0.25, 0.3) is 5.56 Å². The van der Waals surface area contributed by atoms with Gasteiger partial charge >= 0.3 is 6.18 Å². The van der Waals surface area contributed by atoms with Crippen molar-refractivity contribution in [3.05, 3.63) is 80.5 Å². The van der Waals surface area contributed by atoms with Crippen LogP contribution in [0.2, 0.25) is 0 Å². The lowest BCUT2D eigenvalue weighted by atomic mass is 10.1. The van der Waals surface area contributed by atoms with E-state index < -0.39 is 17.3 Å². The van der Waals surface area contributed by atoms with Crippen LogP contribution < -0.4 is 5.56 Å². The van der Waals surface area contributed by atoms with Crippen molar-refractivity contribution in [3.8, 4) is 17.1 Å². The monoisotopic (exact) mass is 490 g/mol. The summed E-state index contributed by atoms with van der Waals surface area (Å²) in [5, 5.41) is 4.50. The van der Waals surface area contributed by atoms with Crippen LogP contribution in [0.5, 0.6) is 0 Å². The molecule has 0 radical (unpaired) electrons. The molecule has 0 aliphatic carbocycles. The molecule has 5 rings (SSSR count). The van der Waals surface area contributed by atoms with Gasteiger partial charge in [-0.3, -0.25) is 4.79 Å². The molecular weight excluding hydrogens is 477 g/mol. The van der Waals surface area contributed by atoms with Crippen molar-refractivity contribution in [1.29, 1.82) is 0 Å². The Morgan fingerprint density at radius 1 is 1.23 bits per heavy atom. The molecule has 11 heteroatoms. The van der Waals surface area contributed by atoms with Gasteiger partial charge in [-0.05, 0) is 37.3 Å². The summed E-state index contributed by atoms with van der Waals surface area (Å²) >= 11 is 3.48. The minimum atomic E-state index is -4.72. The average molecular weight is 491 g/mol. The molecule has 158 valence electrons. The first-order valence-corrected chi connectivity index (χ1v) is 10.0. The molecule has 0 unspecified atom stereocenters. The summed E-state index contributed by atoms with van der Waals surface area (Å²) in [5.74, 6) is 0.808. The van der Waals surface area contributed by atoms with Crippen molar-refractivity contribution in [3.63, 3.8) is 0 Å². The molecule has 0 N–H and O–H groups in total. The van der Waals surface area contributed by atoms with Gasteiger partial charge in [0.1, 0.15) is 5.56 Å². The highest BCUT2D eigenvalue weighted by atomic mass is 79.9. The summed E-state index contributed by atoms with van der Waals surface area (Å²) in [7, 11) is 0. The maximum Gasteiger partial charge on any atom is 0.421 e. The second-order valence-electron chi connectivity index (χ2n) is 7.17. The smallest absolute Gasteiger partial charge is 0.307 e. The molecular formula is C20H14BrF3N6O. The van der Waals surface area contributed by atoms with Crippen molar-refractivity contribution >= 4 is 15.9 Å². The fourth-order valence-electron chi connectivity index (χ4n) is 3.70. The molecule has 0 spiro atoms. The lowest BCUT2D eigenvalue weighted by Gasteiger charge is -2.09. The number of hydrogen-bond donors (Lipinski definition) is 0. The standard InChI is InChI=1S/C20H14BrF3N6O/c1-11-16-8-30-18(13-7-12(21)4-5-15(13)29(16)10-25-11)26-17(27-30)9-28-6-2-3-14(19(28)31)20(22,23)24/h2-7,10H,8-9H2,1H3. The van der Waals surface area contributed by atoms with E-state index in [1.807, 2.05) is 29.7 Å². The van der Waals surface area contributed by atoms with Crippen LogP contribution in [0.4, 0.5) is 13.2 Å². The lowest BCUT2D eigenvalue weighted by molar-refractivity contribution is -0.138. The highest BCUT2D eigenvalue weighted by molar-refractivity contribution is 9.10. The van der Waals surface area contributed by atoms with E-state index in [2.05, 4.69) is 31.0 Å². The summed E-state index contributed by atoms with van der Waals surface area (Å²) in [6.07, 6.45) is -1.68. The summed E-state index contributed by atoms with van der Waals surface area (Å²) < 4.78 is 44.7. The summed E-state index contributed by atoms with van der Waals surface area (Å²) in [5.41, 5.74) is 1.08. The number of rotatable bonds is 2. The number of halogens is 4. The zero-order valence-corrected chi connectivity index (χ0v) is 17.6. The molecule has 31 heavy (non-hydrogen) atoms. The Labute approximate surface area is 181 Å². The van der Waals surface area contributed by atoms with Gasteiger partial charge in [0.05, 0.1) is 36.5 Å². The fraction of sp³-hybridized carbons (Fsp3) is 0.200. The predicted molar refractivity (Wildman–Crippen MR) is 109 cm³/mol. The Morgan fingerprint density at radius 3 is 2.81 bits per heavy atom. The highest BCUT2D eigenvalue weighted by Gasteiger charge is 2.34. The van der Waals surface area contributed by atoms with Crippen LogP contribution in [0, 0.1) is 6.92 Å². The van der Waals surface area contributed by atoms with Gasteiger partial charge < -0.3 is 9.13 Å². The number of aromatic nitrogens is 6. The van der Waals surface area contributed by atoms with E-state index >= 15 is 0 Å². The topological polar surface area (TPSA) is 70.5 Å². The predicted octanol–water partition coefficient (Wildman–Crippen LogP) is 3.79. The van der Waals surface area contributed by atoms with Crippen molar-refractivity contribution in [2.24, 2.45) is 0 Å². The highest BCUT2D eigenvalue weighted by Crippen LogP contribution is 2.33. The minimum Gasteiger partial charge on any atom is -0.307 e. The molecule has 1 aromatic carbocycles. The maximum atomic E-state index is 13.1. The maximum absolute atomic E-state index is 13.1. The zero-order chi connectivity index (χ0) is 21.9. The molecule has 1 aliphatic rings. The number of benzene rings is 1. The summed E-state index contributed by atoms with van der Waals surface area (Å²) in [6.45, 7) is 2.11.